The largest absolute Gasteiger partial charge is 0.496 e. The van der Waals surface area contributed by atoms with Crippen molar-refractivity contribution in [1.29, 1.82) is 0 Å². The number of aromatic amines is 1. The Morgan fingerprint density at radius 2 is 2.27 bits per heavy atom. The quantitative estimate of drug-likeness (QED) is 0.725. The lowest BCUT2D eigenvalue weighted by Crippen LogP contribution is -1.94. The summed E-state index contributed by atoms with van der Waals surface area (Å²) in [6.45, 7) is 0. The number of hydrogen-bond acceptors (Lipinski definition) is 5. The number of nitrogens with zero attached hydrogens (tertiary/aromatic N) is 4. The zero-order valence-corrected chi connectivity index (χ0v) is 13.6. The molecule has 0 fully saturated rings. The van der Waals surface area contributed by atoms with E-state index in [-0.39, 0.29) is 0 Å². The van der Waals surface area contributed by atoms with Gasteiger partial charge in [0.05, 0.1) is 18.4 Å². The molecule has 2 heterocycles. The summed E-state index contributed by atoms with van der Waals surface area (Å²) in [4.78, 5) is 8.75. The monoisotopic (exact) mass is 335 g/mol. The van der Waals surface area contributed by atoms with Crippen LogP contribution in [0.5, 0.6) is 5.75 Å². The van der Waals surface area contributed by atoms with Crippen LogP contribution in [0.2, 0.25) is 5.02 Å². The summed E-state index contributed by atoms with van der Waals surface area (Å²) in [6, 6.07) is 5.38. The van der Waals surface area contributed by atoms with E-state index in [1.165, 1.54) is 11.8 Å². The second kappa shape index (κ2) is 6.41. The molecule has 0 saturated carbocycles. The van der Waals surface area contributed by atoms with Gasteiger partial charge in [-0.05, 0) is 18.2 Å². The summed E-state index contributed by atoms with van der Waals surface area (Å²) in [5.74, 6) is 2.99. The summed E-state index contributed by atoms with van der Waals surface area (Å²) in [7, 11) is 3.57. The molecule has 0 aliphatic heterocycles. The lowest BCUT2D eigenvalue weighted by molar-refractivity contribution is 0.416. The van der Waals surface area contributed by atoms with Crippen LogP contribution in [0.25, 0.3) is 11.4 Å². The van der Waals surface area contributed by atoms with E-state index in [1.807, 2.05) is 17.8 Å². The van der Waals surface area contributed by atoms with Crippen molar-refractivity contribution in [3.63, 3.8) is 0 Å². The summed E-state index contributed by atoms with van der Waals surface area (Å²) >= 11 is 7.56. The average Bonchev–Trinajstić information content (AvgIpc) is 3.14. The number of ether oxygens (including phenoxy) is 1. The Labute approximate surface area is 136 Å². The van der Waals surface area contributed by atoms with Crippen molar-refractivity contribution in [3.8, 4) is 17.1 Å². The second-order valence-electron chi connectivity index (χ2n) is 4.55. The highest BCUT2D eigenvalue weighted by Crippen LogP contribution is 2.31. The highest BCUT2D eigenvalue weighted by Gasteiger charge is 2.12. The van der Waals surface area contributed by atoms with Crippen LogP contribution in [0.4, 0.5) is 0 Å². The smallest absolute Gasteiger partial charge is 0.209 e. The maximum atomic E-state index is 6.04. The van der Waals surface area contributed by atoms with Crippen molar-refractivity contribution in [2.75, 3.05) is 7.11 Å². The molecule has 0 aliphatic carbocycles. The van der Waals surface area contributed by atoms with Gasteiger partial charge in [0.25, 0.3) is 0 Å². The minimum atomic E-state index is 0.620. The molecule has 0 atom stereocenters. The summed E-state index contributed by atoms with van der Waals surface area (Å²) in [6.07, 6.45) is 3.69. The third-order valence-electron chi connectivity index (χ3n) is 3.13. The maximum Gasteiger partial charge on any atom is 0.209 e. The molecule has 1 aromatic carbocycles. The average molecular weight is 336 g/mol. The Kier molecular flexibility index (Phi) is 4.35. The first-order valence-electron chi connectivity index (χ1n) is 6.52. The topological polar surface area (TPSA) is 68.6 Å². The molecule has 8 heteroatoms. The van der Waals surface area contributed by atoms with Crippen molar-refractivity contribution in [1.82, 2.24) is 24.7 Å². The van der Waals surface area contributed by atoms with Gasteiger partial charge in [0.15, 0.2) is 5.82 Å². The Morgan fingerprint density at radius 1 is 1.41 bits per heavy atom. The molecule has 6 nitrogen and oxygen atoms in total. The summed E-state index contributed by atoms with van der Waals surface area (Å²) in [5.41, 5.74) is 0.784. The zero-order chi connectivity index (χ0) is 15.5. The van der Waals surface area contributed by atoms with Gasteiger partial charge in [-0.2, -0.15) is 0 Å². The molecular weight excluding hydrogens is 322 g/mol. The van der Waals surface area contributed by atoms with E-state index in [9.17, 15) is 0 Å². The van der Waals surface area contributed by atoms with Crippen LogP contribution < -0.4 is 4.74 Å². The highest BCUT2D eigenvalue weighted by molar-refractivity contribution is 7.98. The van der Waals surface area contributed by atoms with E-state index in [4.69, 9.17) is 16.3 Å². The van der Waals surface area contributed by atoms with Crippen molar-refractivity contribution < 1.29 is 4.74 Å². The van der Waals surface area contributed by atoms with Crippen molar-refractivity contribution in [3.05, 3.63) is 41.4 Å². The summed E-state index contributed by atoms with van der Waals surface area (Å²) < 4.78 is 7.30. The number of hydrogen-bond donors (Lipinski definition) is 1. The Balaban J connectivity index is 1.79. The number of aromatic nitrogens is 5. The van der Waals surface area contributed by atoms with Gasteiger partial charge in [-0.25, -0.2) is 9.97 Å². The number of halogens is 1. The van der Waals surface area contributed by atoms with Crippen molar-refractivity contribution in [2.24, 2.45) is 7.05 Å². The Hall–Kier alpha value is -1.99. The molecule has 0 spiro atoms. The lowest BCUT2D eigenvalue weighted by Gasteiger charge is -2.05. The number of aryl methyl sites for hydroxylation is 1. The van der Waals surface area contributed by atoms with E-state index in [0.717, 1.165) is 11.4 Å². The zero-order valence-electron chi connectivity index (χ0n) is 12.1. The Bertz CT molecular complexity index is 785. The number of rotatable bonds is 5. The summed E-state index contributed by atoms with van der Waals surface area (Å²) in [5, 5.41) is 8.41. The minimum Gasteiger partial charge on any atom is -0.496 e. The van der Waals surface area contributed by atoms with E-state index in [2.05, 4.69) is 20.2 Å². The van der Waals surface area contributed by atoms with Gasteiger partial charge in [0.2, 0.25) is 5.16 Å². The molecule has 3 rings (SSSR count). The fraction of sp³-hybridized carbons (Fsp3) is 0.214. The first-order chi connectivity index (χ1) is 10.7. The molecule has 0 bridgehead atoms. The van der Waals surface area contributed by atoms with Gasteiger partial charge >= 0.3 is 0 Å². The normalized spacial score (nSPS) is 10.9. The standard InChI is InChI=1S/C14H14ClN5OS/c1-20-6-5-16-12(20)8-22-14-17-13(18-19-14)10-7-9(15)3-4-11(10)21-2/h3-7H,8H2,1-2H3,(H,17,18,19). The van der Waals surface area contributed by atoms with E-state index in [1.54, 1.807) is 31.5 Å². The van der Waals surface area contributed by atoms with Gasteiger partial charge in [-0.15, -0.1) is 5.10 Å². The molecule has 1 N–H and O–H groups in total. The lowest BCUT2D eigenvalue weighted by atomic mass is 10.2. The fourth-order valence-corrected chi connectivity index (χ4v) is 2.94. The van der Waals surface area contributed by atoms with Crippen LogP contribution in [0, 0.1) is 0 Å². The third kappa shape index (κ3) is 3.10. The number of thioether (sulfide) groups is 1. The van der Waals surface area contributed by atoms with Crippen LogP contribution in [0.3, 0.4) is 0 Å². The number of imidazole rings is 1. The predicted molar refractivity (Wildman–Crippen MR) is 86.1 cm³/mol. The van der Waals surface area contributed by atoms with Crippen LogP contribution in [0.15, 0.2) is 35.7 Å². The molecular formula is C14H14ClN5OS. The first-order valence-corrected chi connectivity index (χ1v) is 7.89. The molecule has 0 unspecified atom stereocenters. The van der Waals surface area contributed by atoms with Crippen LogP contribution in [-0.4, -0.2) is 31.8 Å². The SMILES string of the molecule is COc1ccc(Cl)cc1-c1nc(SCc2nccn2C)n[nH]1. The van der Waals surface area contributed by atoms with Gasteiger partial charge in [-0.1, -0.05) is 23.4 Å². The van der Waals surface area contributed by atoms with E-state index < -0.39 is 0 Å². The molecule has 0 radical (unpaired) electrons. The van der Waals surface area contributed by atoms with Gasteiger partial charge in [-0.3, -0.25) is 5.10 Å². The molecule has 114 valence electrons. The molecule has 22 heavy (non-hydrogen) atoms. The van der Waals surface area contributed by atoms with Crippen molar-refractivity contribution in [2.45, 2.75) is 10.9 Å². The number of benzene rings is 1. The van der Waals surface area contributed by atoms with E-state index in [0.29, 0.717) is 27.5 Å². The van der Waals surface area contributed by atoms with Gasteiger partial charge in [0, 0.05) is 24.5 Å². The first kappa shape index (κ1) is 14.9. The van der Waals surface area contributed by atoms with Crippen LogP contribution in [-0.2, 0) is 12.8 Å². The predicted octanol–water partition coefficient (Wildman–Crippen LogP) is 3.16. The third-order valence-corrected chi connectivity index (χ3v) is 4.21. The molecule has 0 amide bonds. The van der Waals surface area contributed by atoms with Crippen LogP contribution >= 0.6 is 23.4 Å². The number of methoxy groups -OCH3 is 1. The van der Waals surface area contributed by atoms with E-state index >= 15 is 0 Å². The molecule has 3 aromatic rings. The maximum absolute atomic E-state index is 6.04. The van der Waals surface area contributed by atoms with Crippen LogP contribution in [0.1, 0.15) is 5.82 Å². The minimum absolute atomic E-state index is 0.620. The molecule has 2 aromatic heterocycles. The fourth-order valence-electron chi connectivity index (χ4n) is 1.96. The molecule has 0 aliphatic rings. The highest BCUT2D eigenvalue weighted by atomic mass is 35.5. The molecule has 0 saturated heterocycles. The number of nitrogens with one attached hydrogen (secondary N) is 1. The number of H-pyrrole nitrogens is 1. The van der Waals surface area contributed by atoms with Gasteiger partial charge < -0.3 is 9.30 Å². The van der Waals surface area contributed by atoms with Gasteiger partial charge in [0.1, 0.15) is 11.6 Å². The van der Waals surface area contributed by atoms with Crippen molar-refractivity contribution >= 4 is 23.4 Å². The second-order valence-corrected chi connectivity index (χ2v) is 5.93. The Morgan fingerprint density at radius 3 is 3.00 bits per heavy atom.